The number of amides is 2. The molecule has 2 saturated heterocycles. The summed E-state index contributed by atoms with van der Waals surface area (Å²) < 4.78 is 0. The van der Waals surface area contributed by atoms with Crippen molar-refractivity contribution in [1.82, 2.24) is 14.8 Å². The summed E-state index contributed by atoms with van der Waals surface area (Å²) in [7, 11) is 0. The molecule has 3 fully saturated rings. The van der Waals surface area contributed by atoms with Gasteiger partial charge in [0.1, 0.15) is 0 Å². The van der Waals surface area contributed by atoms with Gasteiger partial charge in [-0.2, -0.15) is 0 Å². The van der Waals surface area contributed by atoms with Crippen LogP contribution in [0.2, 0.25) is 0 Å². The summed E-state index contributed by atoms with van der Waals surface area (Å²) in [5, 5.41) is 3.19. The van der Waals surface area contributed by atoms with Crippen LogP contribution in [0.5, 0.6) is 0 Å². The van der Waals surface area contributed by atoms with Crippen molar-refractivity contribution in [2.75, 3.05) is 44.2 Å². The van der Waals surface area contributed by atoms with Crippen LogP contribution < -0.4 is 4.90 Å². The van der Waals surface area contributed by atoms with Gasteiger partial charge in [-0.15, -0.1) is 11.3 Å². The summed E-state index contributed by atoms with van der Waals surface area (Å²) in [4.78, 5) is 36.8. The van der Waals surface area contributed by atoms with Gasteiger partial charge in [-0.1, -0.05) is 42.5 Å². The predicted octanol–water partition coefficient (Wildman–Crippen LogP) is 2.74. The van der Waals surface area contributed by atoms with Crippen LogP contribution in [0, 0.1) is 23.7 Å². The molecule has 3 heterocycles. The van der Waals surface area contributed by atoms with E-state index >= 15 is 0 Å². The van der Waals surface area contributed by atoms with Gasteiger partial charge >= 0.3 is 0 Å². The number of imide groups is 1. The highest BCUT2D eigenvalue weighted by Gasteiger charge is 2.59. The standard InChI is InChI=1S/C24H26N4O2S/c29-22-20-17-6-7-18(14-17)21(20)23(30)28(22)13-10-26-8-11-27(12-9-26)24-25-19(15-31-24)16-4-2-1-3-5-16/h1-7,15,17-18,20-21H,8-14H2/t17-,18-,20-,21-/m0/s1. The summed E-state index contributed by atoms with van der Waals surface area (Å²) in [5.74, 6) is 0.563. The molecule has 2 aromatic rings. The van der Waals surface area contributed by atoms with E-state index in [1.54, 1.807) is 16.2 Å². The summed E-state index contributed by atoms with van der Waals surface area (Å²) in [6.45, 7) is 4.98. The number of hydrogen-bond donors (Lipinski definition) is 0. The van der Waals surface area contributed by atoms with Crippen LogP contribution in [0.25, 0.3) is 11.3 Å². The molecule has 7 heteroatoms. The first-order valence-corrected chi connectivity index (χ1v) is 12.1. The summed E-state index contributed by atoms with van der Waals surface area (Å²) in [6, 6.07) is 10.3. The van der Waals surface area contributed by atoms with E-state index in [0.717, 1.165) is 55.5 Å². The maximum Gasteiger partial charge on any atom is 0.233 e. The van der Waals surface area contributed by atoms with Gasteiger partial charge in [0.15, 0.2) is 5.13 Å². The predicted molar refractivity (Wildman–Crippen MR) is 121 cm³/mol. The lowest BCUT2D eigenvalue weighted by Crippen LogP contribution is -2.49. The first-order valence-electron chi connectivity index (χ1n) is 11.2. The van der Waals surface area contributed by atoms with E-state index in [-0.39, 0.29) is 23.7 Å². The molecule has 4 aliphatic rings. The van der Waals surface area contributed by atoms with Crippen molar-refractivity contribution in [3.05, 3.63) is 47.9 Å². The second-order valence-electron chi connectivity index (χ2n) is 9.04. The molecule has 1 aromatic carbocycles. The molecule has 6 rings (SSSR count). The molecule has 1 aromatic heterocycles. The van der Waals surface area contributed by atoms with Crippen LogP contribution in [0.4, 0.5) is 5.13 Å². The molecular weight excluding hydrogens is 408 g/mol. The van der Waals surface area contributed by atoms with Crippen molar-refractivity contribution in [2.45, 2.75) is 6.42 Å². The number of carbonyl (C=O) groups excluding carboxylic acids is 2. The number of piperazine rings is 1. The summed E-state index contributed by atoms with van der Waals surface area (Å²) >= 11 is 1.69. The number of anilines is 1. The first kappa shape index (κ1) is 19.2. The summed E-state index contributed by atoms with van der Waals surface area (Å²) in [5.41, 5.74) is 2.18. The van der Waals surface area contributed by atoms with Gasteiger partial charge in [-0.25, -0.2) is 4.98 Å². The minimum absolute atomic E-state index is 0.0710. The molecule has 0 radical (unpaired) electrons. The first-order chi connectivity index (χ1) is 15.2. The van der Waals surface area contributed by atoms with Crippen molar-refractivity contribution in [3.8, 4) is 11.3 Å². The van der Waals surface area contributed by atoms with Crippen molar-refractivity contribution in [3.63, 3.8) is 0 Å². The number of thiazole rings is 1. The number of fused-ring (bicyclic) bond motifs is 5. The largest absolute Gasteiger partial charge is 0.346 e. The van der Waals surface area contributed by atoms with E-state index in [4.69, 9.17) is 4.98 Å². The normalized spacial score (nSPS) is 29.9. The zero-order valence-electron chi connectivity index (χ0n) is 17.4. The van der Waals surface area contributed by atoms with E-state index in [1.165, 1.54) is 0 Å². The number of rotatable bonds is 5. The number of allylic oxidation sites excluding steroid dienone is 2. The quantitative estimate of drug-likeness (QED) is 0.535. The Balaban J connectivity index is 1.03. The van der Waals surface area contributed by atoms with Gasteiger partial charge < -0.3 is 4.90 Å². The molecule has 2 bridgehead atoms. The van der Waals surface area contributed by atoms with Crippen molar-refractivity contribution >= 4 is 28.3 Å². The molecule has 2 amide bonds. The Kier molecular flexibility index (Phi) is 4.69. The second-order valence-corrected chi connectivity index (χ2v) is 9.87. The van der Waals surface area contributed by atoms with E-state index in [1.807, 2.05) is 18.2 Å². The Morgan fingerprint density at radius 2 is 1.58 bits per heavy atom. The molecular formula is C24H26N4O2S. The van der Waals surface area contributed by atoms with Crippen molar-refractivity contribution in [1.29, 1.82) is 0 Å². The number of likely N-dealkylation sites (tertiary alicyclic amines) is 1. The lowest BCUT2D eigenvalue weighted by Gasteiger charge is -2.35. The molecule has 1 saturated carbocycles. The molecule has 6 nitrogen and oxygen atoms in total. The zero-order valence-corrected chi connectivity index (χ0v) is 18.2. The van der Waals surface area contributed by atoms with Crippen LogP contribution in [0.15, 0.2) is 47.9 Å². The lowest BCUT2D eigenvalue weighted by molar-refractivity contribution is -0.140. The van der Waals surface area contributed by atoms with Gasteiger partial charge in [0.25, 0.3) is 0 Å². The van der Waals surface area contributed by atoms with Gasteiger partial charge in [0, 0.05) is 50.2 Å². The van der Waals surface area contributed by atoms with Gasteiger partial charge in [0.2, 0.25) is 11.8 Å². The van der Waals surface area contributed by atoms with E-state index < -0.39 is 0 Å². The summed E-state index contributed by atoms with van der Waals surface area (Å²) in [6.07, 6.45) is 5.30. The molecule has 0 N–H and O–H groups in total. The highest BCUT2D eigenvalue weighted by Crippen LogP contribution is 2.52. The third-order valence-corrected chi connectivity index (χ3v) is 8.31. The maximum absolute atomic E-state index is 12.9. The number of carbonyl (C=O) groups is 2. The van der Waals surface area contributed by atoms with Crippen LogP contribution in [-0.4, -0.2) is 65.9 Å². The molecule has 4 atom stereocenters. The van der Waals surface area contributed by atoms with Crippen molar-refractivity contribution in [2.24, 2.45) is 23.7 Å². The molecule has 0 unspecified atom stereocenters. The Morgan fingerprint density at radius 1 is 0.903 bits per heavy atom. The van der Waals surface area contributed by atoms with Crippen LogP contribution >= 0.6 is 11.3 Å². The van der Waals surface area contributed by atoms with Gasteiger partial charge in [-0.3, -0.25) is 19.4 Å². The van der Waals surface area contributed by atoms with Gasteiger partial charge in [0.05, 0.1) is 17.5 Å². The second kappa shape index (κ2) is 7.57. The molecule has 2 aliphatic carbocycles. The molecule has 31 heavy (non-hydrogen) atoms. The monoisotopic (exact) mass is 434 g/mol. The molecule has 160 valence electrons. The Bertz CT molecular complexity index is 997. The SMILES string of the molecule is O=C1[C@@H]2[C@@H](C(=O)N1CCN1CCN(c3nc(-c4ccccc4)cs3)CC1)[C@H]1C=C[C@H]2C1. The smallest absolute Gasteiger partial charge is 0.233 e. The fourth-order valence-corrected chi connectivity index (χ4v) is 6.63. The van der Waals surface area contributed by atoms with Crippen LogP contribution in [0.3, 0.4) is 0 Å². The fraction of sp³-hybridized carbons (Fsp3) is 0.458. The van der Waals surface area contributed by atoms with E-state index in [2.05, 4.69) is 39.5 Å². The van der Waals surface area contributed by atoms with Crippen LogP contribution in [0.1, 0.15) is 6.42 Å². The third kappa shape index (κ3) is 3.22. The number of aromatic nitrogens is 1. The van der Waals surface area contributed by atoms with Crippen molar-refractivity contribution < 1.29 is 9.59 Å². The van der Waals surface area contributed by atoms with Crippen LogP contribution in [-0.2, 0) is 9.59 Å². The fourth-order valence-electron chi connectivity index (χ4n) is 5.74. The average Bonchev–Trinajstić information content (AvgIpc) is 3.59. The highest BCUT2D eigenvalue weighted by molar-refractivity contribution is 7.14. The topological polar surface area (TPSA) is 56.8 Å². The lowest BCUT2D eigenvalue weighted by atomic mass is 9.85. The average molecular weight is 435 g/mol. The Hall–Kier alpha value is -2.51. The number of benzene rings is 1. The van der Waals surface area contributed by atoms with Gasteiger partial charge in [-0.05, 0) is 18.3 Å². The number of hydrogen-bond acceptors (Lipinski definition) is 6. The minimum Gasteiger partial charge on any atom is -0.346 e. The zero-order chi connectivity index (χ0) is 20.9. The minimum atomic E-state index is -0.0805. The highest BCUT2D eigenvalue weighted by atomic mass is 32.1. The number of nitrogens with zero attached hydrogens (tertiary/aromatic N) is 4. The maximum atomic E-state index is 12.9. The Morgan fingerprint density at radius 3 is 2.26 bits per heavy atom. The third-order valence-electron chi connectivity index (χ3n) is 7.41. The van der Waals surface area contributed by atoms with E-state index in [9.17, 15) is 9.59 Å². The molecule has 2 aliphatic heterocycles. The van der Waals surface area contributed by atoms with E-state index in [0.29, 0.717) is 18.4 Å². The molecule has 0 spiro atoms. The Labute approximate surface area is 186 Å².